The summed E-state index contributed by atoms with van der Waals surface area (Å²) in [7, 11) is 0. The highest BCUT2D eigenvalue weighted by molar-refractivity contribution is 5.81. The van der Waals surface area contributed by atoms with Crippen molar-refractivity contribution in [3.63, 3.8) is 0 Å². The maximum atomic E-state index is 11.5. The fourth-order valence-corrected chi connectivity index (χ4v) is 0.314. The van der Waals surface area contributed by atoms with Gasteiger partial charge < -0.3 is 10.4 Å². The summed E-state index contributed by atoms with van der Waals surface area (Å²) in [5.41, 5.74) is 0. The summed E-state index contributed by atoms with van der Waals surface area (Å²) < 4.78 is 64.7. The highest BCUT2D eigenvalue weighted by Crippen LogP contribution is 1.97. The van der Waals surface area contributed by atoms with Crippen LogP contribution >= 0.6 is 0 Å². The quantitative estimate of drug-likeness (QED) is 0.631. The molecule has 11 heavy (non-hydrogen) atoms. The normalized spacial score (nSPS) is 26.4. The van der Waals surface area contributed by atoms with Crippen molar-refractivity contribution in [2.24, 2.45) is 5.89 Å². The van der Waals surface area contributed by atoms with Crippen molar-refractivity contribution in [1.82, 2.24) is 5.32 Å². The molecular formula is C7H13NO3. The van der Waals surface area contributed by atoms with E-state index >= 15 is 0 Å². The fourth-order valence-electron chi connectivity index (χ4n) is 0.314. The molecule has 0 heterocycles. The molecule has 0 saturated heterocycles. The minimum Gasteiger partial charge on any atom is -0.480 e. The van der Waals surface area contributed by atoms with Gasteiger partial charge in [-0.2, -0.15) is 0 Å². The molecule has 64 valence electrons. The third-order valence-corrected chi connectivity index (χ3v) is 0.639. The topological polar surface area (TPSA) is 66.4 Å². The summed E-state index contributed by atoms with van der Waals surface area (Å²) in [6, 6.07) is 0. The summed E-state index contributed by atoms with van der Waals surface area (Å²) in [6.45, 7) is -8.30. The van der Waals surface area contributed by atoms with Gasteiger partial charge in [0.1, 0.15) is 6.54 Å². The van der Waals surface area contributed by atoms with Crippen LogP contribution in [0.15, 0.2) is 0 Å². The molecule has 0 rings (SSSR count). The monoisotopic (exact) mass is 168 g/mol. The van der Waals surface area contributed by atoms with E-state index in [1.807, 2.05) is 0 Å². The van der Waals surface area contributed by atoms with Crippen molar-refractivity contribution in [3.05, 3.63) is 0 Å². The van der Waals surface area contributed by atoms with Crippen molar-refractivity contribution in [2.75, 3.05) is 6.54 Å². The van der Waals surface area contributed by atoms with Crippen molar-refractivity contribution in [3.8, 4) is 0 Å². The van der Waals surface area contributed by atoms with E-state index in [1.165, 1.54) is 5.32 Å². The number of hydrogen-bond donors (Lipinski definition) is 2. The SMILES string of the molecule is [2H]C([2H])([2H])C([2H])(C([2H])([2H])[2H])C([2H])([2H])C(=O)NCC(=O)O. The van der Waals surface area contributed by atoms with Crippen LogP contribution < -0.4 is 5.32 Å². The van der Waals surface area contributed by atoms with Crippen LogP contribution in [0.2, 0.25) is 0 Å². The van der Waals surface area contributed by atoms with Gasteiger partial charge in [-0.25, -0.2) is 0 Å². The number of carbonyl (C=O) groups is 2. The summed E-state index contributed by atoms with van der Waals surface area (Å²) in [5, 5.41) is 9.88. The van der Waals surface area contributed by atoms with Gasteiger partial charge in [0.25, 0.3) is 0 Å². The Balaban J connectivity index is 5.70. The molecule has 0 bridgehead atoms. The molecule has 0 unspecified atom stereocenters. The van der Waals surface area contributed by atoms with Crippen LogP contribution in [0.25, 0.3) is 0 Å². The van der Waals surface area contributed by atoms with E-state index in [0.717, 1.165) is 0 Å². The van der Waals surface area contributed by atoms with Gasteiger partial charge in [-0.1, -0.05) is 13.7 Å². The standard InChI is InChI=1S/C7H13NO3/c1-5(2)3-6(9)8-4-7(10)11/h5H,3-4H2,1-2H3,(H,8,9)(H,10,11)/i1D3,2D3,3D2,5D. The molecule has 0 aliphatic rings. The average molecular weight is 168 g/mol. The summed E-state index contributed by atoms with van der Waals surface area (Å²) in [4.78, 5) is 21.8. The molecule has 0 radical (unpaired) electrons. The molecule has 0 aromatic rings. The van der Waals surface area contributed by atoms with Gasteiger partial charge in [0.15, 0.2) is 0 Å². The zero-order chi connectivity index (χ0) is 16.6. The number of carboxylic acids is 1. The highest BCUT2D eigenvalue weighted by atomic mass is 16.4. The minimum absolute atomic E-state index is 1.03. The summed E-state index contributed by atoms with van der Waals surface area (Å²) in [6.07, 6.45) is -3.65. The second-order valence-electron chi connectivity index (χ2n) is 1.58. The lowest BCUT2D eigenvalue weighted by molar-refractivity contribution is -0.138. The van der Waals surface area contributed by atoms with Crippen LogP contribution in [0.4, 0.5) is 0 Å². The molecule has 4 nitrogen and oxygen atoms in total. The van der Waals surface area contributed by atoms with E-state index in [4.69, 9.17) is 17.4 Å². The van der Waals surface area contributed by atoms with Crippen molar-refractivity contribution in [1.29, 1.82) is 0 Å². The van der Waals surface area contributed by atoms with Crippen LogP contribution in [0.1, 0.15) is 32.4 Å². The number of amides is 1. The zero-order valence-electron chi connectivity index (χ0n) is 14.5. The van der Waals surface area contributed by atoms with Crippen LogP contribution in [-0.4, -0.2) is 23.5 Å². The van der Waals surface area contributed by atoms with Gasteiger partial charge in [0, 0.05) is 18.7 Å². The lowest BCUT2D eigenvalue weighted by atomic mass is 10.1. The largest absolute Gasteiger partial charge is 0.480 e. The molecule has 0 aromatic heterocycles. The van der Waals surface area contributed by atoms with Crippen LogP contribution in [0.5, 0.6) is 0 Å². The van der Waals surface area contributed by atoms with Gasteiger partial charge in [-0.15, -0.1) is 0 Å². The van der Waals surface area contributed by atoms with Crippen molar-refractivity contribution in [2.45, 2.75) is 20.1 Å². The number of carboxylic acid groups (broad SMARTS) is 1. The summed E-state index contributed by atoms with van der Waals surface area (Å²) >= 11 is 0. The van der Waals surface area contributed by atoms with Crippen LogP contribution in [0.3, 0.4) is 0 Å². The Morgan fingerprint density at radius 3 is 2.91 bits per heavy atom. The second-order valence-corrected chi connectivity index (χ2v) is 1.58. The molecule has 0 aliphatic heterocycles. The van der Waals surface area contributed by atoms with Gasteiger partial charge in [-0.05, 0) is 5.89 Å². The van der Waals surface area contributed by atoms with Crippen LogP contribution in [0, 0.1) is 5.89 Å². The molecule has 4 heteroatoms. The van der Waals surface area contributed by atoms with E-state index in [9.17, 15) is 9.59 Å². The average Bonchev–Trinajstić information content (AvgIpc) is 2.20. The van der Waals surface area contributed by atoms with Gasteiger partial charge in [0.2, 0.25) is 5.91 Å². The van der Waals surface area contributed by atoms with E-state index in [-0.39, 0.29) is 0 Å². The molecule has 1 amide bonds. The first-order valence-corrected chi connectivity index (χ1v) is 2.59. The smallest absolute Gasteiger partial charge is 0.322 e. The molecule has 0 atom stereocenters. The first-order valence-electron chi connectivity index (χ1n) is 7.09. The molecule has 0 fully saturated rings. The van der Waals surface area contributed by atoms with Gasteiger partial charge in [-0.3, -0.25) is 9.59 Å². The van der Waals surface area contributed by atoms with E-state index < -0.39 is 44.4 Å². The number of rotatable bonds is 4. The Kier molecular flexibility index (Phi) is 1.06. The predicted molar refractivity (Wildman–Crippen MR) is 40.1 cm³/mol. The van der Waals surface area contributed by atoms with Crippen molar-refractivity contribution >= 4 is 11.9 Å². The number of carbonyl (C=O) groups excluding carboxylic acids is 1. The third-order valence-electron chi connectivity index (χ3n) is 0.639. The predicted octanol–water partition coefficient (Wildman–Crippen LogP) is 0.233. The maximum Gasteiger partial charge on any atom is 0.322 e. The second kappa shape index (κ2) is 4.71. The molecule has 0 saturated carbocycles. The molecule has 0 spiro atoms. The highest BCUT2D eigenvalue weighted by Gasteiger charge is 2.05. The first-order chi connectivity index (χ1) is 8.59. The van der Waals surface area contributed by atoms with Gasteiger partial charge >= 0.3 is 5.97 Å². The van der Waals surface area contributed by atoms with E-state index in [2.05, 4.69) is 0 Å². The Labute approximate surface area is 78.2 Å². The van der Waals surface area contributed by atoms with Gasteiger partial charge in [0.05, 0.1) is 0 Å². The third kappa shape index (κ3) is 6.83. The Bertz CT molecular complexity index is 385. The number of nitrogens with one attached hydrogen (secondary N) is 1. The molecule has 0 aromatic carbocycles. The molecular weight excluding hydrogens is 146 g/mol. The number of hydrogen-bond acceptors (Lipinski definition) is 2. The lowest BCUT2D eigenvalue weighted by Crippen LogP contribution is -2.29. The lowest BCUT2D eigenvalue weighted by Gasteiger charge is -2.03. The summed E-state index contributed by atoms with van der Waals surface area (Å²) in [5.74, 6) is -7.06. The Morgan fingerprint density at radius 2 is 2.45 bits per heavy atom. The fraction of sp³-hybridized carbons (Fsp3) is 0.714. The van der Waals surface area contributed by atoms with E-state index in [1.54, 1.807) is 0 Å². The van der Waals surface area contributed by atoms with E-state index in [0.29, 0.717) is 0 Å². The minimum atomic E-state index is -3.74. The van der Waals surface area contributed by atoms with Crippen molar-refractivity contribution < 1.29 is 27.0 Å². The Morgan fingerprint density at radius 1 is 1.82 bits per heavy atom. The number of aliphatic carboxylic acids is 1. The zero-order valence-corrected chi connectivity index (χ0v) is 5.47. The molecule has 0 aliphatic carbocycles. The Hall–Kier alpha value is -1.06. The first kappa shape index (κ1) is 2.47. The van der Waals surface area contributed by atoms with Crippen LogP contribution in [-0.2, 0) is 9.59 Å². The molecule has 2 N–H and O–H groups in total. The maximum absolute atomic E-state index is 11.5.